The zero-order valence-electron chi connectivity index (χ0n) is 17.0. The molecule has 0 aliphatic heterocycles. The first kappa shape index (κ1) is 21.8. The quantitative estimate of drug-likeness (QED) is 0.498. The van der Waals surface area contributed by atoms with Gasteiger partial charge in [0.1, 0.15) is 21.8 Å². The van der Waals surface area contributed by atoms with Crippen molar-refractivity contribution in [1.82, 2.24) is 10.3 Å². The van der Waals surface area contributed by atoms with Crippen molar-refractivity contribution in [1.29, 1.82) is 5.26 Å². The third-order valence-electron chi connectivity index (χ3n) is 4.98. The van der Waals surface area contributed by atoms with Gasteiger partial charge in [-0.15, -0.1) is 22.7 Å². The highest BCUT2D eigenvalue weighted by atomic mass is 32.1. The highest BCUT2D eigenvalue weighted by Gasteiger charge is 2.27. The molecule has 0 aromatic carbocycles. The van der Waals surface area contributed by atoms with Gasteiger partial charge in [0, 0.05) is 22.5 Å². The van der Waals surface area contributed by atoms with Crippen molar-refractivity contribution in [2.45, 2.75) is 25.8 Å². The number of nitrogens with one attached hydrogen (secondary N) is 2. The van der Waals surface area contributed by atoms with Gasteiger partial charge in [0.15, 0.2) is 0 Å². The molecule has 1 unspecified atom stereocenters. The van der Waals surface area contributed by atoms with Gasteiger partial charge in [0.05, 0.1) is 25.0 Å². The fourth-order valence-electron chi connectivity index (χ4n) is 3.43. The van der Waals surface area contributed by atoms with Gasteiger partial charge in [0.25, 0.3) is 0 Å². The Labute approximate surface area is 192 Å². The van der Waals surface area contributed by atoms with Crippen LogP contribution in [0.1, 0.15) is 33.2 Å². The van der Waals surface area contributed by atoms with E-state index < -0.39 is 6.09 Å². The predicted molar refractivity (Wildman–Crippen MR) is 121 cm³/mol. The summed E-state index contributed by atoms with van der Waals surface area (Å²) in [5, 5.41) is 18.3. The Morgan fingerprint density at radius 2 is 2.34 bits per heavy atom. The van der Waals surface area contributed by atoms with E-state index in [-0.39, 0.29) is 11.8 Å². The molecule has 2 amide bonds. The molecule has 1 atom stereocenters. The molecule has 32 heavy (non-hydrogen) atoms. The maximum Gasteiger partial charge on any atom is 0.407 e. The van der Waals surface area contributed by atoms with Gasteiger partial charge in [-0.25, -0.2) is 9.78 Å². The molecule has 1 aliphatic carbocycles. The van der Waals surface area contributed by atoms with Crippen LogP contribution in [0, 0.1) is 17.2 Å². The third kappa shape index (κ3) is 5.43. The molecule has 0 fully saturated rings. The van der Waals surface area contributed by atoms with Crippen molar-refractivity contribution in [3.05, 3.63) is 62.8 Å². The lowest BCUT2D eigenvalue weighted by molar-refractivity contribution is -0.111. The van der Waals surface area contributed by atoms with Gasteiger partial charge in [-0.05, 0) is 49.0 Å². The van der Waals surface area contributed by atoms with Crippen LogP contribution in [0.4, 0.5) is 9.80 Å². The van der Waals surface area contributed by atoms with Crippen molar-refractivity contribution in [3.8, 4) is 6.07 Å². The van der Waals surface area contributed by atoms with Crippen molar-refractivity contribution in [2.24, 2.45) is 5.92 Å². The SMILES string of the molecule is N#Cc1c(NC(=O)/C=C/c2ccco2)sc2c1CCC(COC(=O)NCc1nccs1)C2. The Hall–Kier alpha value is -3.42. The van der Waals surface area contributed by atoms with Gasteiger partial charge < -0.3 is 19.8 Å². The monoisotopic (exact) mass is 468 g/mol. The summed E-state index contributed by atoms with van der Waals surface area (Å²) in [4.78, 5) is 29.4. The summed E-state index contributed by atoms with van der Waals surface area (Å²) >= 11 is 2.88. The van der Waals surface area contributed by atoms with E-state index in [9.17, 15) is 14.9 Å². The molecule has 0 radical (unpaired) electrons. The average molecular weight is 469 g/mol. The predicted octanol–water partition coefficient (Wildman–Crippen LogP) is 4.35. The zero-order chi connectivity index (χ0) is 22.3. The minimum Gasteiger partial charge on any atom is -0.465 e. The van der Waals surface area contributed by atoms with Gasteiger partial charge in [-0.2, -0.15) is 5.26 Å². The molecular weight excluding hydrogens is 448 g/mol. The van der Waals surface area contributed by atoms with Crippen LogP contribution in [0.15, 0.2) is 40.5 Å². The number of ether oxygens (including phenoxy) is 1. The number of aromatic nitrogens is 1. The number of hydrogen-bond acceptors (Lipinski definition) is 8. The zero-order valence-corrected chi connectivity index (χ0v) is 18.6. The van der Waals surface area contributed by atoms with Crippen LogP contribution < -0.4 is 10.6 Å². The number of anilines is 1. The van der Waals surface area contributed by atoms with Crippen molar-refractivity contribution < 1.29 is 18.7 Å². The number of nitriles is 1. The maximum atomic E-state index is 12.3. The van der Waals surface area contributed by atoms with Gasteiger partial charge >= 0.3 is 6.09 Å². The van der Waals surface area contributed by atoms with Crippen LogP contribution in [0.3, 0.4) is 0 Å². The lowest BCUT2D eigenvalue weighted by Crippen LogP contribution is -2.27. The standard InChI is InChI=1S/C22H20N4O4S2/c23-11-17-16-5-3-14(13-30-22(28)25-12-20-24-7-9-31-20)10-18(16)32-21(17)26-19(27)6-4-15-2-1-8-29-15/h1-2,4,6-9,14H,3,5,10,12-13H2,(H,25,28)(H,26,27)/b6-4+. The molecule has 164 valence electrons. The molecule has 3 aromatic rings. The number of amides is 2. The Morgan fingerprint density at radius 3 is 3.09 bits per heavy atom. The number of fused-ring (bicyclic) bond motifs is 1. The van der Waals surface area contributed by atoms with Crippen molar-refractivity contribution >= 4 is 45.8 Å². The molecule has 4 rings (SSSR count). The lowest BCUT2D eigenvalue weighted by Gasteiger charge is -2.21. The molecule has 10 heteroatoms. The Kier molecular flexibility index (Phi) is 6.99. The second-order valence-corrected chi connectivity index (χ2v) is 9.23. The number of rotatable bonds is 7. The van der Waals surface area contributed by atoms with E-state index in [0.717, 1.165) is 21.9 Å². The van der Waals surface area contributed by atoms with Gasteiger partial charge in [0.2, 0.25) is 5.91 Å². The number of carbonyl (C=O) groups is 2. The highest BCUT2D eigenvalue weighted by molar-refractivity contribution is 7.16. The van der Waals surface area contributed by atoms with E-state index >= 15 is 0 Å². The summed E-state index contributed by atoms with van der Waals surface area (Å²) in [6.07, 6.45) is 7.92. The molecule has 3 heterocycles. The fourth-order valence-corrected chi connectivity index (χ4v) is 5.30. The van der Waals surface area contributed by atoms with Crippen molar-refractivity contribution in [2.75, 3.05) is 11.9 Å². The summed E-state index contributed by atoms with van der Waals surface area (Å²) in [5.41, 5.74) is 1.50. The summed E-state index contributed by atoms with van der Waals surface area (Å²) in [6.45, 7) is 0.649. The van der Waals surface area contributed by atoms with E-state index in [1.54, 1.807) is 24.4 Å². The van der Waals surface area contributed by atoms with Crippen LogP contribution in [0.5, 0.6) is 0 Å². The smallest absolute Gasteiger partial charge is 0.407 e. The Balaban J connectivity index is 1.32. The third-order valence-corrected chi connectivity index (χ3v) is 6.92. The summed E-state index contributed by atoms with van der Waals surface area (Å²) in [7, 11) is 0. The normalized spacial score (nSPS) is 15.2. The van der Waals surface area contributed by atoms with Gasteiger partial charge in [-0.3, -0.25) is 4.79 Å². The van der Waals surface area contributed by atoms with Crippen LogP contribution in [-0.4, -0.2) is 23.6 Å². The van der Waals surface area contributed by atoms with E-state index in [1.807, 2.05) is 5.38 Å². The first-order chi connectivity index (χ1) is 15.6. The van der Waals surface area contributed by atoms with E-state index in [0.29, 0.717) is 42.3 Å². The molecule has 0 spiro atoms. The van der Waals surface area contributed by atoms with E-state index in [4.69, 9.17) is 9.15 Å². The number of alkyl carbamates (subject to hydrolysis) is 1. The number of thiazole rings is 1. The van der Waals surface area contributed by atoms with Crippen LogP contribution >= 0.6 is 22.7 Å². The number of hydrogen-bond donors (Lipinski definition) is 2. The topological polar surface area (TPSA) is 117 Å². The number of carbonyl (C=O) groups excluding carboxylic acids is 2. The molecular formula is C22H20N4O4S2. The summed E-state index contributed by atoms with van der Waals surface area (Å²) in [6, 6.07) is 5.71. The largest absolute Gasteiger partial charge is 0.465 e. The molecule has 2 N–H and O–H groups in total. The first-order valence-electron chi connectivity index (χ1n) is 9.98. The number of furan rings is 1. The molecule has 0 bridgehead atoms. The Bertz CT molecular complexity index is 1140. The van der Waals surface area contributed by atoms with Crippen molar-refractivity contribution in [3.63, 3.8) is 0 Å². The molecule has 3 aromatic heterocycles. The summed E-state index contributed by atoms with van der Waals surface area (Å²) in [5.74, 6) is 0.415. The van der Waals surface area contributed by atoms with Crippen LogP contribution in [0.25, 0.3) is 6.08 Å². The Morgan fingerprint density at radius 1 is 1.44 bits per heavy atom. The number of nitrogens with zero attached hydrogens (tertiary/aromatic N) is 2. The van der Waals surface area contributed by atoms with E-state index in [2.05, 4.69) is 21.7 Å². The van der Waals surface area contributed by atoms with Gasteiger partial charge in [-0.1, -0.05) is 0 Å². The lowest BCUT2D eigenvalue weighted by atomic mass is 9.88. The second kappa shape index (κ2) is 10.3. The molecule has 0 saturated heterocycles. The molecule has 8 nitrogen and oxygen atoms in total. The minimum atomic E-state index is -0.466. The average Bonchev–Trinajstić information content (AvgIpc) is 3.55. The molecule has 0 saturated carbocycles. The maximum absolute atomic E-state index is 12.3. The fraction of sp³-hybridized carbons (Fsp3) is 0.273. The number of thiophene rings is 1. The molecule has 1 aliphatic rings. The van der Waals surface area contributed by atoms with Crippen LogP contribution in [0.2, 0.25) is 0 Å². The summed E-state index contributed by atoms with van der Waals surface area (Å²) < 4.78 is 10.5. The van der Waals surface area contributed by atoms with Crippen LogP contribution in [-0.2, 0) is 28.9 Å². The highest BCUT2D eigenvalue weighted by Crippen LogP contribution is 2.39. The second-order valence-electron chi connectivity index (χ2n) is 7.14. The van der Waals surface area contributed by atoms with E-state index in [1.165, 1.54) is 35.0 Å². The first-order valence-corrected chi connectivity index (χ1v) is 11.7. The minimum absolute atomic E-state index is 0.167.